The van der Waals surface area contributed by atoms with Crippen LogP contribution in [0.2, 0.25) is 0 Å². The summed E-state index contributed by atoms with van der Waals surface area (Å²) in [5.74, 6) is -1.92. The van der Waals surface area contributed by atoms with Crippen molar-refractivity contribution in [2.45, 2.75) is 32.0 Å². The second kappa shape index (κ2) is 5.16. The van der Waals surface area contributed by atoms with Crippen molar-refractivity contribution in [2.24, 2.45) is 5.73 Å². The van der Waals surface area contributed by atoms with Crippen molar-refractivity contribution in [3.63, 3.8) is 0 Å². The van der Waals surface area contributed by atoms with Crippen molar-refractivity contribution in [3.05, 3.63) is 29.6 Å². The quantitative estimate of drug-likeness (QED) is 0.835. The second-order valence-electron chi connectivity index (χ2n) is 4.91. The van der Waals surface area contributed by atoms with Gasteiger partial charge in [-0.25, -0.2) is 4.39 Å². The van der Waals surface area contributed by atoms with Crippen LogP contribution in [0.25, 0.3) is 0 Å². The molecule has 106 valence electrons. The molecule has 0 aromatic heterocycles. The van der Waals surface area contributed by atoms with Crippen LogP contribution in [0.3, 0.4) is 0 Å². The summed E-state index contributed by atoms with van der Waals surface area (Å²) in [7, 11) is 0. The summed E-state index contributed by atoms with van der Waals surface area (Å²) < 4.78 is 50.4. The molecule has 1 aromatic rings. The molecular weight excluding hydrogens is 264 g/mol. The van der Waals surface area contributed by atoms with Gasteiger partial charge in [-0.1, -0.05) is 0 Å². The third-order valence-corrected chi connectivity index (χ3v) is 2.17. The number of carbonyl (C=O) groups excluding carboxylic acids is 1. The summed E-state index contributed by atoms with van der Waals surface area (Å²) in [5, 5.41) is 2.25. The van der Waals surface area contributed by atoms with Gasteiger partial charge < -0.3 is 11.1 Å². The van der Waals surface area contributed by atoms with Crippen LogP contribution in [0.15, 0.2) is 18.2 Å². The molecule has 1 amide bonds. The van der Waals surface area contributed by atoms with Crippen molar-refractivity contribution in [1.82, 2.24) is 0 Å². The van der Waals surface area contributed by atoms with E-state index in [-0.39, 0.29) is 12.1 Å². The monoisotopic (exact) mass is 278 g/mol. The van der Waals surface area contributed by atoms with Crippen molar-refractivity contribution < 1.29 is 22.4 Å². The highest BCUT2D eigenvalue weighted by molar-refractivity contribution is 5.91. The molecule has 3 N–H and O–H groups in total. The fraction of sp³-hybridized carbons (Fsp3) is 0.417. The predicted octanol–water partition coefficient (Wildman–Crippen LogP) is 2.91. The Balaban J connectivity index is 2.89. The lowest BCUT2D eigenvalue weighted by atomic mass is 10.0. The molecule has 1 aromatic carbocycles. The largest absolute Gasteiger partial charge is 0.419 e. The first-order valence-corrected chi connectivity index (χ1v) is 5.44. The maximum atomic E-state index is 13.0. The second-order valence-corrected chi connectivity index (χ2v) is 4.91. The number of nitrogens with two attached hydrogens (primary N) is 1. The first-order chi connectivity index (χ1) is 8.49. The fourth-order valence-corrected chi connectivity index (χ4v) is 1.44. The number of amides is 1. The summed E-state index contributed by atoms with van der Waals surface area (Å²) >= 11 is 0. The van der Waals surface area contributed by atoms with Crippen LogP contribution in [0, 0.1) is 5.82 Å². The van der Waals surface area contributed by atoms with E-state index in [1.807, 2.05) is 0 Å². The van der Waals surface area contributed by atoms with Crippen LogP contribution in [0.4, 0.5) is 23.2 Å². The van der Waals surface area contributed by atoms with Gasteiger partial charge in [0.05, 0.1) is 5.56 Å². The zero-order valence-corrected chi connectivity index (χ0v) is 10.4. The number of hydrogen-bond acceptors (Lipinski definition) is 2. The molecule has 0 saturated heterocycles. The Labute approximate surface area is 107 Å². The molecule has 0 saturated carbocycles. The fourth-order valence-electron chi connectivity index (χ4n) is 1.44. The third kappa shape index (κ3) is 4.86. The van der Waals surface area contributed by atoms with Gasteiger partial charge >= 0.3 is 6.18 Å². The summed E-state index contributed by atoms with van der Waals surface area (Å²) in [4.78, 5) is 11.5. The number of rotatable bonds is 3. The molecule has 0 bridgehead atoms. The SMILES string of the molecule is CC(C)(N)CC(=O)Nc1ccc(F)c(C(F)(F)F)c1. The van der Waals surface area contributed by atoms with Crippen LogP contribution < -0.4 is 11.1 Å². The van der Waals surface area contributed by atoms with E-state index >= 15 is 0 Å². The zero-order chi connectivity index (χ0) is 14.8. The smallest absolute Gasteiger partial charge is 0.326 e. The molecule has 0 radical (unpaired) electrons. The van der Waals surface area contributed by atoms with Gasteiger partial charge in [-0.2, -0.15) is 13.2 Å². The van der Waals surface area contributed by atoms with Gasteiger partial charge in [0.25, 0.3) is 0 Å². The highest BCUT2D eigenvalue weighted by Crippen LogP contribution is 2.33. The Morgan fingerprint density at radius 1 is 1.32 bits per heavy atom. The van der Waals surface area contributed by atoms with E-state index in [9.17, 15) is 22.4 Å². The topological polar surface area (TPSA) is 55.1 Å². The lowest BCUT2D eigenvalue weighted by Crippen LogP contribution is -2.36. The number of halogens is 4. The third-order valence-electron chi connectivity index (χ3n) is 2.17. The van der Waals surface area contributed by atoms with Crippen LogP contribution in [0.5, 0.6) is 0 Å². The first-order valence-electron chi connectivity index (χ1n) is 5.44. The van der Waals surface area contributed by atoms with Gasteiger partial charge in [-0.05, 0) is 32.0 Å². The van der Waals surface area contributed by atoms with E-state index in [4.69, 9.17) is 5.73 Å². The van der Waals surface area contributed by atoms with Crippen molar-refractivity contribution in [2.75, 3.05) is 5.32 Å². The number of anilines is 1. The maximum Gasteiger partial charge on any atom is 0.419 e. The highest BCUT2D eigenvalue weighted by atomic mass is 19.4. The van der Waals surface area contributed by atoms with Crippen LogP contribution in [-0.4, -0.2) is 11.4 Å². The molecule has 0 fully saturated rings. The molecule has 3 nitrogen and oxygen atoms in total. The first kappa shape index (κ1) is 15.4. The van der Waals surface area contributed by atoms with Gasteiger partial charge in [-0.15, -0.1) is 0 Å². The molecule has 0 unspecified atom stereocenters. The van der Waals surface area contributed by atoms with Crippen molar-refractivity contribution in [3.8, 4) is 0 Å². The van der Waals surface area contributed by atoms with E-state index in [2.05, 4.69) is 5.32 Å². The van der Waals surface area contributed by atoms with Crippen molar-refractivity contribution >= 4 is 11.6 Å². The Bertz CT molecular complexity index is 478. The summed E-state index contributed by atoms with van der Waals surface area (Å²) in [5.41, 5.74) is 3.29. The molecule has 19 heavy (non-hydrogen) atoms. The molecular formula is C12H14F4N2O. The Morgan fingerprint density at radius 2 is 1.89 bits per heavy atom. The van der Waals surface area contributed by atoms with Crippen molar-refractivity contribution in [1.29, 1.82) is 0 Å². The Hall–Kier alpha value is -1.63. The minimum atomic E-state index is -4.81. The number of benzene rings is 1. The van der Waals surface area contributed by atoms with Crippen LogP contribution in [0.1, 0.15) is 25.8 Å². The normalized spacial score (nSPS) is 12.4. The van der Waals surface area contributed by atoms with Gasteiger partial charge in [0.1, 0.15) is 5.82 Å². The molecule has 0 aliphatic carbocycles. The van der Waals surface area contributed by atoms with Gasteiger partial charge in [0, 0.05) is 17.6 Å². The molecule has 0 heterocycles. The van der Waals surface area contributed by atoms with Crippen LogP contribution in [-0.2, 0) is 11.0 Å². The summed E-state index contributed by atoms with van der Waals surface area (Å²) in [6.07, 6.45) is -4.87. The van der Waals surface area contributed by atoms with E-state index in [0.717, 1.165) is 6.07 Å². The van der Waals surface area contributed by atoms with E-state index in [1.54, 1.807) is 13.8 Å². The average molecular weight is 278 g/mol. The minimum absolute atomic E-state index is 0.0638. The van der Waals surface area contributed by atoms with E-state index in [1.165, 1.54) is 0 Å². The van der Waals surface area contributed by atoms with E-state index in [0.29, 0.717) is 12.1 Å². The Kier molecular flexibility index (Phi) is 4.19. The Morgan fingerprint density at radius 3 is 2.37 bits per heavy atom. The molecule has 1 rings (SSSR count). The summed E-state index contributed by atoms with van der Waals surface area (Å²) in [6, 6.07) is 2.27. The molecule has 0 aliphatic rings. The zero-order valence-electron chi connectivity index (χ0n) is 10.4. The lowest BCUT2D eigenvalue weighted by molar-refractivity contribution is -0.140. The van der Waals surface area contributed by atoms with Gasteiger partial charge in [-0.3, -0.25) is 4.79 Å². The number of hydrogen-bond donors (Lipinski definition) is 2. The van der Waals surface area contributed by atoms with Crippen LogP contribution >= 0.6 is 0 Å². The number of nitrogens with one attached hydrogen (secondary N) is 1. The standard InChI is InChI=1S/C12H14F4N2O/c1-11(2,17)6-10(19)18-7-3-4-9(13)8(5-7)12(14,15)16/h3-5H,6,17H2,1-2H3,(H,18,19). The minimum Gasteiger partial charge on any atom is -0.326 e. The molecule has 0 spiro atoms. The molecule has 0 aliphatic heterocycles. The number of alkyl halides is 3. The number of carbonyl (C=O) groups is 1. The lowest BCUT2D eigenvalue weighted by Gasteiger charge is -2.18. The summed E-state index contributed by atoms with van der Waals surface area (Å²) in [6.45, 7) is 3.22. The maximum absolute atomic E-state index is 13.0. The predicted molar refractivity (Wildman–Crippen MR) is 62.9 cm³/mol. The molecule has 7 heteroatoms. The highest BCUT2D eigenvalue weighted by Gasteiger charge is 2.34. The van der Waals surface area contributed by atoms with Gasteiger partial charge in [0.15, 0.2) is 0 Å². The molecule has 0 atom stereocenters. The van der Waals surface area contributed by atoms with E-state index < -0.39 is 29.0 Å². The van der Waals surface area contributed by atoms with Gasteiger partial charge in [0.2, 0.25) is 5.91 Å². The average Bonchev–Trinajstić information content (AvgIpc) is 2.16.